The molecule has 1 fully saturated rings. The average molecular weight is 385 g/mol. The third-order valence-corrected chi connectivity index (χ3v) is 4.46. The van der Waals surface area contributed by atoms with Gasteiger partial charge in [0.1, 0.15) is 0 Å². The summed E-state index contributed by atoms with van der Waals surface area (Å²) >= 11 is 0. The van der Waals surface area contributed by atoms with Gasteiger partial charge in [-0.25, -0.2) is 0 Å². The number of rotatable bonds is 3. The van der Waals surface area contributed by atoms with E-state index in [4.69, 9.17) is 5.73 Å². The molecule has 3 nitrogen and oxygen atoms in total. The summed E-state index contributed by atoms with van der Waals surface area (Å²) in [6, 6.07) is 11.9. The molecule has 1 aliphatic carbocycles. The molecule has 0 radical (unpaired) electrons. The fourth-order valence-electron chi connectivity index (χ4n) is 3.13. The van der Waals surface area contributed by atoms with E-state index in [1.54, 1.807) is 30.3 Å². The summed E-state index contributed by atoms with van der Waals surface area (Å²) in [5.74, 6) is -0.229. The second kappa shape index (κ2) is 8.10. The molecule has 0 unspecified atom stereocenters. The SMILES string of the molecule is Cl.N[C@@H]1CC[C@H](NC(=O)c2cccc(-c3cccc(C(F)(F)F)c3)c2)C1. The minimum Gasteiger partial charge on any atom is -0.349 e. The van der Waals surface area contributed by atoms with Gasteiger partial charge in [-0.05, 0) is 54.7 Å². The fourth-order valence-corrected chi connectivity index (χ4v) is 3.13. The van der Waals surface area contributed by atoms with Gasteiger partial charge in [0.25, 0.3) is 5.91 Å². The Kier molecular flexibility index (Phi) is 6.31. The topological polar surface area (TPSA) is 55.1 Å². The van der Waals surface area contributed by atoms with Gasteiger partial charge in [-0.3, -0.25) is 4.79 Å². The minimum atomic E-state index is -4.40. The molecule has 0 saturated heterocycles. The lowest BCUT2D eigenvalue weighted by Gasteiger charge is -2.13. The van der Waals surface area contributed by atoms with Crippen molar-refractivity contribution in [3.63, 3.8) is 0 Å². The summed E-state index contributed by atoms with van der Waals surface area (Å²) in [7, 11) is 0. The van der Waals surface area contributed by atoms with Crippen LogP contribution in [0.5, 0.6) is 0 Å². The molecule has 3 rings (SSSR count). The normalized spacial score (nSPS) is 19.7. The van der Waals surface area contributed by atoms with Crippen LogP contribution >= 0.6 is 12.4 Å². The molecule has 3 N–H and O–H groups in total. The molecule has 26 heavy (non-hydrogen) atoms. The summed E-state index contributed by atoms with van der Waals surface area (Å²) in [4.78, 5) is 12.4. The molecular weight excluding hydrogens is 365 g/mol. The first-order chi connectivity index (χ1) is 11.8. The summed E-state index contributed by atoms with van der Waals surface area (Å²) < 4.78 is 38.6. The maximum absolute atomic E-state index is 12.9. The van der Waals surface area contributed by atoms with Crippen LogP contribution in [0.3, 0.4) is 0 Å². The largest absolute Gasteiger partial charge is 0.416 e. The van der Waals surface area contributed by atoms with Crippen molar-refractivity contribution in [1.82, 2.24) is 5.32 Å². The van der Waals surface area contributed by atoms with Gasteiger partial charge >= 0.3 is 6.18 Å². The zero-order chi connectivity index (χ0) is 18.0. The summed E-state index contributed by atoms with van der Waals surface area (Å²) in [6.07, 6.45) is -1.92. The molecule has 2 aromatic carbocycles. The molecular formula is C19H20ClF3N2O. The van der Waals surface area contributed by atoms with Crippen LogP contribution in [0.15, 0.2) is 48.5 Å². The van der Waals surface area contributed by atoms with E-state index < -0.39 is 11.7 Å². The molecule has 0 bridgehead atoms. The maximum Gasteiger partial charge on any atom is 0.416 e. The number of hydrogen-bond donors (Lipinski definition) is 2. The van der Waals surface area contributed by atoms with Crippen LogP contribution in [-0.2, 0) is 6.18 Å². The molecule has 1 amide bonds. The summed E-state index contributed by atoms with van der Waals surface area (Å²) in [5, 5.41) is 2.94. The van der Waals surface area contributed by atoms with Crippen molar-refractivity contribution >= 4 is 18.3 Å². The van der Waals surface area contributed by atoms with Crippen molar-refractivity contribution < 1.29 is 18.0 Å². The van der Waals surface area contributed by atoms with Gasteiger partial charge in [-0.2, -0.15) is 13.2 Å². The Morgan fingerprint density at radius 3 is 2.31 bits per heavy atom. The summed E-state index contributed by atoms with van der Waals surface area (Å²) in [6.45, 7) is 0. The number of alkyl halides is 3. The van der Waals surface area contributed by atoms with E-state index in [9.17, 15) is 18.0 Å². The Morgan fingerprint density at radius 1 is 1.04 bits per heavy atom. The fraction of sp³-hybridized carbons (Fsp3) is 0.316. The predicted molar refractivity (Wildman–Crippen MR) is 97.2 cm³/mol. The van der Waals surface area contributed by atoms with E-state index >= 15 is 0 Å². The van der Waals surface area contributed by atoms with E-state index in [1.165, 1.54) is 6.07 Å². The van der Waals surface area contributed by atoms with Crippen LogP contribution in [0.4, 0.5) is 13.2 Å². The van der Waals surface area contributed by atoms with E-state index in [0.717, 1.165) is 31.4 Å². The quantitative estimate of drug-likeness (QED) is 0.823. The second-order valence-corrected chi connectivity index (χ2v) is 6.40. The lowest BCUT2D eigenvalue weighted by atomic mass is 10.0. The molecule has 0 aliphatic heterocycles. The number of halogens is 4. The number of nitrogens with two attached hydrogens (primary N) is 1. The number of carbonyl (C=O) groups excluding carboxylic acids is 1. The maximum atomic E-state index is 12.9. The Balaban J connectivity index is 0.00000243. The number of benzene rings is 2. The Hall–Kier alpha value is -2.05. The zero-order valence-electron chi connectivity index (χ0n) is 13.9. The number of carbonyl (C=O) groups is 1. The van der Waals surface area contributed by atoms with E-state index in [-0.39, 0.29) is 30.4 Å². The Morgan fingerprint density at radius 2 is 1.69 bits per heavy atom. The smallest absolute Gasteiger partial charge is 0.349 e. The van der Waals surface area contributed by atoms with Crippen molar-refractivity contribution in [2.24, 2.45) is 5.73 Å². The molecule has 1 saturated carbocycles. The third-order valence-electron chi connectivity index (χ3n) is 4.46. The Labute approximate surface area is 156 Å². The number of amides is 1. The summed E-state index contributed by atoms with van der Waals surface area (Å²) in [5.41, 5.74) is 6.56. The molecule has 2 aromatic rings. The standard InChI is InChI=1S/C19H19F3N2O.ClH/c20-19(21,22)15-6-2-4-13(10-15)12-3-1-5-14(9-12)18(25)24-17-8-7-16(23)11-17;/h1-6,9-10,16-17H,7-8,11,23H2,(H,24,25);1H/t16-,17+;/m1./s1. The molecule has 0 aromatic heterocycles. The van der Waals surface area contributed by atoms with Gasteiger partial charge in [0.05, 0.1) is 5.56 Å². The van der Waals surface area contributed by atoms with Crippen LogP contribution in [0.1, 0.15) is 35.2 Å². The van der Waals surface area contributed by atoms with Crippen molar-refractivity contribution in [3.8, 4) is 11.1 Å². The number of nitrogens with one attached hydrogen (secondary N) is 1. The molecule has 0 spiro atoms. The van der Waals surface area contributed by atoms with Gasteiger partial charge in [0.15, 0.2) is 0 Å². The number of hydrogen-bond acceptors (Lipinski definition) is 2. The lowest BCUT2D eigenvalue weighted by molar-refractivity contribution is -0.137. The van der Waals surface area contributed by atoms with Crippen LogP contribution < -0.4 is 11.1 Å². The molecule has 2 atom stereocenters. The minimum absolute atomic E-state index is 0. The second-order valence-electron chi connectivity index (χ2n) is 6.40. The Bertz CT molecular complexity index is 779. The average Bonchev–Trinajstić information content (AvgIpc) is 2.99. The van der Waals surface area contributed by atoms with Crippen LogP contribution in [0.2, 0.25) is 0 Å². The highest BCUT2D eigenvalue weighted by Crippen LogP contribution is 2.32. The van der Waals surface area contributed by atoms with Gasteiger partial charge in [-0.15, -0.1) is 12.4 Å². The van der Waals surface area contributed by atoms with E-state index in [2.05, 4.69) is 5.32 Å². The first-order valence-corrected chi connectivity index (χ1v) is 8.17. The van der Waals surface area contributed by atoms with Gasteiger partial charge < -0.3 is 11.1 Å². The zero-order valence-corrected chi connectivity index (χ0v) is 14.7. The van der Waals surface area contributed by atoms with Crippen molar-refractivity contribution in [3.05, 3.63) is 59.7 Å². The van der Waals surface area contributed by atoms with Crippen LogP contribution in [0, 0.1) is 0 Å². The van der Waals surface area contributed by atoms with Crippen molar-refractivity contribution in [1.29, 1.82) is 0 Å². The molecule has 1 aliphatic rings. The molecule has 7 heteroatoms. The van der Waals surface area contributed by atoms with Crippen molar-refractivity contribution in [2.45, 2.75) is 37.5 Å². The van der Waals surface area contributed by atoms with Crippen LogP contribution in [0.25, 0.3) is 11.1 Å². The highest BCUT2D eigenvalue weighted by molar-refractivity contribution is 5.95. The first kappa shape index (κ1) is 20.3. The molecule has 140 valence electrons. The van der Waals surface area contributed by atoms with E-state index in [1.807, 2.05) is 0 Å². The van der Waals surface area contributed by atoms with Crippen molar-refractivity contribution in [2.75, 3.05) is 0 Å². The van der Waals surface area contributed by atoms with Gasteiger partial charge in [0.2, 0.25) is 0 Å². The van der Waals surface area contributed by atoms with Gasteiger partial charge in [0, 0.05) is 17.6 Å². The van der Waals surface area contributed by atoms with E-state index in [0.29, 0.717) is 16.7 Å². The van der Waals surface area contributed by atoms with Gasteiger partial charge in [-0.1, -0.05) is 24.3 Å². The predicted octanol–water partition coefficient (Wildman–Crippen LogP) is 4.40. The lowest BCUT2D eigenvalue weighted by Crippen LogP contribution is -2.34. The monoisotopic (exact) mass is 384 g/mol. The van der Waals surface area contributed by atoms with Crippen LogP contribution in [-0.4, -0.2) is 18.0 Å². The highest BCUT2D eigenvalue weighted by Gasteiger charge is 2.30. The molecule has 0 heterocycles. The highest BCUT2D eigenvalue weighted by atomic mass is 35.5. The first-order valence-electron chi connectivity index (χ1n) is 8.17. The third kappa shape index (κ3) is 4.77.